The first kappa shape index (κ1) is 14.4. The first-order valence-corrected chi connectivity index (χ1v) is 8.35. The number of carbonyl (C=O) groups is 1. The molecule has 0 spiro atoms. The van der Waals surface area contributed by atoms with E-state index in [1.807, 2.05) is 28.8 Å². The molecule has 0 aromatic carbocycles. The molecule has 8 heteroatoms. The summed E-state index contributed by atoms with van der Waals surface area (Å²) in [5, 5.41) is 6.32. The summed E-state index contributed by atoms with van der Waals surface area (Å²) >= 11 is 1.59. The quantitative estimate of drug-likeness (QED) is 0.698. The highest BCUT2D eigenvalue weighted by Crippen LogP contribution is 2.24. The van der Waals surface area contributed by atoms with E-state index in [1.165, 1.54) is 4.68 Å². The van der Waals surface area contributed by atoms with Gasteiger partial charge in [-0.1, -0.05) is 0 Å². The van der Waals surface area contributed by atoms with Crippen molar-refractivity contribution in [2.24, 2.45) is 0 Å². The molecule has 0 saturated carbocycles. The first-order chi connectivity index (χ1) is 11.1. The van der Waals surface area contributed by atoms with Gasteiger partial charge in [0.05, 0.1) is 23.4 Å². The zero-order valence-corrected chi connectivity index (χ0v) is 13.5. The standard InChI is InChI=1S/C15H16N4O3S/c1-10-16-18(9-14(20)17-3-5-22-6-4-17)15(21)12-8-13-11(19(10)12)2-7-23-13/h2,7-8H,3-6,9H2,1H3. The highest BCUT2D eigenvalue weighted by molar-refractivity contribution is 7.17. The van der Waals surface area contributed by atoms with E-state index in [0.717, 1.165) is 10.2 Å². The Labute approximate surface area is 135 Å². The van der Waals surface area contributed by atoms with Crippen molar-refractivity contribution in [1.82, 2.24) is 19.1 Å². The smallest absolute Gasteiger partial charge is 0.291 e. The van der Waals surface area contributed by atoms with Crippen LogP contribution in [0.3, 0.4) is 0 Å². The molecular weight excluding hydrogens is 316 g/mol. The molecule has 0 bridgehead atoms. The molecule has 120 valence electrons. The Balaban J connectivity index is 1.74. The van der Waals surface area contributed by atoms with Crippen molar-refractivity contribution in [1.29, 1.82) is 0 Å². The third-order valence-corrected chi connectivity index (χ3v) is 4.97. The van der Waals surface area contributed by atoms with Crippen LogP contribution in [-0.4, -0.2) is 51.3 Å². The van der Waals surface area contributed by atoms with Gasteiger partial charge in [-0.3, -0.25) is 14.0 Å². The second-order valence-corrected chi connectivity index (χ2v) is 6.49. The predicted molar refractivity (Wildman–Crippen MR) is 87.0 cm³/mol. The molecule has 23 heavy (non-hydrogen) atoms. The molecule has 0 radical (unpaired) electrons. The van der Waals surface area contributed by atoms with Crippen LogP contribution in [0.4, 0.5) is 0 Å². The number of nitrogens with zero attached hydrogens (tertiary/aromatic N) is 4. The van der Waals surface area contributed by atoms with Gasteiger partial charge in [-0.15, -0.1) is 11.3 Å². The average molecular weight is 332 g/mol. The lowest BCUT2D eigenvalue weighted by Crippen LogP contribution is -2.44. The summed E-state index contributed by atoms with van der Waals surface area (Å²) in [6.07, 6.45) is 0. The van der Waals surface area contributed by atoms with E-state index in [4.69, 9.17) is 4.74 Å². The fourth-order valence-electron chi connectivity index (χ4n) is 2.98. The fourth-order valence-corrected chi connectivity index (χ4v) is 3.78. The van der Waals surface area contributed by atoms with E-state index in [9.17, 15) is 9.59 Å². The number of hydrogen-bond donors (Lipinski definition) is 0. The zero-order valence-electron chi connectivity index (χ0n) is 12.7. The molecule has 0 unspecified atom stereocenters. The SMILES string of the molecule is Cc1nn(CC(=O)N2CCOCC2)c(=O)c2cc3sccc3n12. The summed E-state index contributed by atoms with van der Waals surface area (Å²) in [6.45, 7) is 4.03. The van der Waals surface area contributed by atoms with Crippen molar-refractivity contribution in [2.75, 3.05) is 26.3 Å². The number of aryl methyl sites for hydroxylation is 1. The number of amides is 1. The molecule has 0 atom stereocenters. The van der Waals surface area contributed by atoms with Gasteiger partial charge in [-0.2, -0.15) is 5.10 Å². The Bertz CT molecular complexity index is 949. The van der Waals surface area contributed by atoms with E-state index < -0.39 is 0 Å². The molecule has 7 nitrogen and oxygen atoms in total. The van der Waals surface area contributed by atoms with Gasteiger partial charge in [0.25, 0.3) is 5.56 Å². The van der Waals surface area contributed by atoms with Gasteiger partial charge in [0, 0.05) is 13.1 Å². The number of carbonyl (C=O) groups excluding carboxylic acids is 1. The van der Waals surface area contributed by atoms with E-state index in [2.05, 4.69) is 5.10 Å². The number of ether oxygens (including phenoxy) is 1. The van der Waals surface area contributed by atoms with Gasteiger partial charge in [-0.25, -0.2) is 4.68 Å². The summed E-state index contributed by atoms with van der Waals surface area (Å²) in [5.74, 6) is 0.600. The largest absolute Gasteiger partial charge is 0.378 e. The Hall–Kier alpha value is -2.19. The van der Waals surface area contributed by atoms with Crippen LogP contribution in [0.15, 0.2) is 22.3 Å². The molecule has 0 aliphatic carbocycles. The van der Waals surface area contributed by atoms with Crippen molar-refractivity contribution in [2.45, 2.75) is 13.5 Å². The topological polar surface area (TPSA) is 68.8 Å². The van der Waals surface area contributed by atoms with Gasteiger partial charge in [0.2, 0.25) is 5.91 Å². The van der Waals surface area contributed by atoms with Gasteiger partial charge in [0.1, 0.15) is 17.9 Å². The van der Waals surface area contributed by atoms with Crippen LogP contribution in [0.2, 0.25) is 0 Å². The minimum Gasteiger partial charge on any atom is -0.378 e. The van der Waals surface area contributed by atoms with Gasteiger partial charge in [-0.05, 0) is 24.4 Å². The molecule has 4 rings (SSSR count). The average Bonchev–Trinajstić information content (AvgIpc) is 3.14. The number of thiophene rings is 1. The van der Waals surface area contributed by atoms with Crippen molar-refractivity contribution in [3.63, 3.8) is 0 Å². The Kier molecular flexibility index (Phi) is 3.42. The molecule has 3 aromatic rings. The maximum atomic E-state index is 12.7. The monoisotopic (exact) mass is 332 g/mol. The third kappa shape index (κ3) is 2.34. The summed E-state index contributed by atoms with van der Waals surface area (Å²) in [4.78, 5) is 26.7. The van der Waals surface area contributed by atoms with E-state index in [-0.39, 0.29) is 18.0 Å². The van der Waals surface area contributed by atoms with Gasteiger partial charge < -0.3 is 9.64 Å². The highest BCUT2D eigenvalue weighted by atomic mass is 32.1. The Morgan fingerprint density at radius 1 is 1.35 bits per heavy atom. The van der Waals surface area contributed by atoms with Crippen molar-refractivity contribution >= 4 is 33.0 Å². The molecule has 0 N–H and O–H groups in total. The molecular formula is C15H16N4O3S. The summed E-state index contributed by atoms with van der Waals surface area (Å²) < 4.78 is 9.41. The summed E-state index contributed by atoms with van der Waals surface area (Å²) in [5.41, 5.74) is 1.31. The van der Waals surface area contributed by atoms with Crippen molar-refractivity contribution < 1.29 is 9.53 Å². The number of rotatable bonds is 2. The van der Waals surface area contributed by atoms with Crippen LogP contribution in [0.25, 0.3) is 15.7 Å². The van der Waals surface area contributed by atoms with Gasteiger partial charge in [0.15, 0.2) is 0 Å². The van der Waals surface area contributed by atoms with Crippen LogP contribution < -0.4 is 5.56 Å². The normalized spacial score (nSPS) is 15.6. The van der Waals surface area contributed by atoms with E-state index >= 15 is 0 Å². The van der Waals surface area contributed by atoms with Crippen LogP contribution >= 0.6 is 11.3 Å². The lowest BCUT2D eigenvalue weighted by atomic mass is 10.4. The van der Waals surface area contributed by atoms with E-state index in [0.29, 0.717) is 37.6 Å². The molecule has 1 saturated heterocycles. The van der Waals surface area contributed by atoms with Crippen LogP contribution in [0.5, 0.6) is 0 Å². The second-order valence-electron chi connectivity index (χ2n) is 5.54. The number of fused-ring (bicyclic) bond motifs is 3. The van der Waals surface area contributed by atoms with Gasteiger partial charge >= 0.3 is 0 Å². The first-order valence-electron chi connectivity index (χ1n) is 7.47. The van der Waals surface area contributed by atoms with Crippen LogP contribution in [0.1, 0.15) is 5.82 Å². The summed E-state index contributed by atoms with van der Waals surface area (Å²) in [7, 11) is 0. The lowest BCUT2D eigenvalue weighted by Gasteiger charge is -2.26. The molecule has 1 fully saturated rings. The molecule has 1 aliphatic heterocycles. The highest BCUT2D eigenvalue weighted by Gasteiger charge is 2.20. The Morgan fingerprint density at radius 2 is 2.13 bits per heavy atom. The lowest BCUT2D eigenvalue weighted by molar-refractivity contribution is -0.136. The number of aromatic nitrogens is 3. The molecule has 4 heterocycles. The third-order valence-electron chi connectivity index (χ3n) is 4.11. The molecule has 1 amide bonds. The van der Waals surface area contributed by atoms with Crippen molar-refractivity contribution in [3.8, 4) is 0 Å². The Morgan fingerprint density at radius 3 is 2.91 bits per heavy atom. The minimum atomic E-state index is -0.236. The maximum Gasteiger partial charge on any atom is 0.291 e. The van der Waals surface area contributed by atoms with Crippen LogP contribution in [-0.2, 0) is 16.1 Å². The predicted octanol–water partition coefficient (Wildman–Crippen LogP) is 0.878. The maximum absolute atomic E-state index is 12.7. The number of hydrogen-bond acceptors (Lipinski definition) is 5. The fraction of sp³-hybridized carbons (Fsp3) is 0.400. The summed E-state index contributed by atoms with van der Waals surface area (Å²) in [6, 6.07) is 3.84. The molecule has 1 aliphatic rings. The second kappa shape index (κ2) is 5.47. The molecule has 3 aromatic heterocycles. The number of morpholine rings is 1. The van der Waals surface area contributed by atoms with Crippen molar-refractivity contribution in [3.05, 3.63) is 33.7 Å². The van der Waals surface area contributed by atoms with Crippen LogP contribution in [0, 0.1) is 6.92 Å². The zero-order chi connectivity index (χ0) is 16.0. The van der Waals surface area contributed by atoms with E-state index in [1.54, 1.807) is 16.2 Å². The minimum absolute atomic E-state index is 0.0327.